The van der Waals surface area contributed by atoms with Crippen LogP contribution in [0.25, 0.3) is 6.08 Å². The number of amides is 1. The Balaban J connectivity index is 1.40. The summed E-state index contributed by atoms with van der Waals surface area (Å²) in [5, 5.41) is 8.30. The van der Waals surface area contributed by atoms with E-state index in [4.69, 9.17) is 0 Å². The standard InChI is InChI=1S/C23H24N4O/c1-18-7-9-20(10-8-18)16-27(22-12-13-22)23(28)14-11-21-17-26(25-24-21)15-19-5-3-2-4-6-19/h2-11,14,17,22H,12-13,15-16H2,1H3/b14-11+. The lowest BCUT2D eigenvalue weighted by Crippen LogP contribution is -2.31. The summed E-state index contributed by atoms with van der Waals surface area (Å²) in [7, 11) is 0. The van der Waals surface area contributed by atoms with Crippen LogP contribution in [0.5, 0.6) is 0 Å². The van der Waals surface area contributed by atoms with Crippen molar-refractivity contribution in [1.82, 2.24) is 19.9 Å². The first kappa shape index (κ1) is 18.2. The molecule has 142 valence electrons. The van der Waals surface area contributed by atoms with E-state index < -0.39 is 0 Å². The first-order valence-electron chi connectivity index (χ1n) is 9.66. The molecular weight excluding hydrogens is 348 g/mol. The van der Waals surface area contributed by atoms with E-state index in [0.717, 1.165) is 24.0 Å². The molecule has 1 saturated carbocycles. The Hall–Kier alpha value is -3.21. The minimum Gasteiger partial charge on any atom is -0.332 e. The number of benzene rings is 2. The molecule has 3 aromatic rings. The monoisotopic (exact) mass is 372 g/mol. The fourth-order valence-corrected chi connectivity index (χ4v) is 3.15. The van der Waals surface area contributed by atoms with Gasteiger partial charge in [-0.3, -0.25) is 4.79 Å². The average Bonchev–Trinajstić information content (AvgIpc) is 3.46. The fourth-order valence-electron chi connectivity index (χ4n) is 3.15. The lowest BCUT2D eigenvalue weighted by molar-refractivity contribution is -0.127. The van der Waals surface area contributed by atoms with Crippen LogP contribution in [0.2, 0.25) is 0 Å². The van der Waals surface area contributed by atoms with Crippen molar-refractivity contribution < 1.29 is 4.79 Å². The number of carbonyl (C=O) groups is 1. The number of hydrogen-bond donors (Lipinski definition) is 0. The molecule has 0 atom stereocenters. The molecule has 0 radical (unpaired) electrons. The first-order valence-corrected chi connectivity index (χ1v) is 9.66. The SMILES string of the molecule is Cc1ccc(CN(C(=O)/C=C/c2cn(Cc3ccccc3)nn2)C2CC2)cc1. The highest BCUT2D eigenvalue weighted by Gasteiger charge is 2.31. The molecule has 1 aliphatic carbocycles. The van der Waals surface area contributed by atoms with E-state index in [1.807, 2.05) is 29.3 Å². The van der Waals surface area contributed by atoms with Crippen LogP contribution in [0.15, 0.2) is 66.9 Å². The second-order valence-electron chi connectivity index (χ2n) is 7.34. The Morgan fingerprint density at radius 2 is 1.86 bits per heavy atom. The normalized spacial score (nSPS) is 13.8. The summed E-state index contributed by atoms with van der Waals surface area (Å²) in [4.78, 5) is 14.7. The maximum absolute atomic E-state index is 12.8. The van der Waals surface area contributed by atoms with Crippen molar-refractivity contribution in [2.24, 2.45) is 0 Å². The van der Waals surface area contributed by atoms with Crippen LogP contribution >= 0.6 is 0 Å². The van der Waals surface area contributed by atoms with Crippen molar-refractivity contribution in [2.75, 3.05) is 0 Å². The van der Waals surface area contributed by atoms with Crippen molar-refractivity contribution in [3.63, 3.8) is 0 Å². The van der Waals surface area contributed by atoms with Gasteiger partial charge in [-0.2, -0.15) is 0 Å². The van der Waals surface area contributed by atoms with Crippen LogP contribution in [0, 0.1) is 6.92 Å². The Labute approximate surface area is 165 Å². The number of aryl methyl sites for hydroxylation is 1. The van der Waals surface area contributed by atoms with Crippen molar-refractivity contribution >= 4 is 12.0 Å². The highest BCUT2D eigenvalue weighted by Crippen LogP contribution is 2.28. The van der Waals surface area contributed by atoms with E-state index in [1.54, 1.807) is 16.8 Å². The number of rotatable bonds is 7. The fraction of sp³-hybridized carbons (Fsp3) is 0.261. The Kier molecular flexibility index (Phi) is 5.33. The number of hydrogen-bond acceptors (Lipinski definition) is 3. The van der Waals surface area contributed by atoms with E-state index >= 15 is 0 Å². The van der Waals surface area contributed by atoms with E-state index in [9.17, 15) is 4.79 Å². The second-order valence-corrected chi connectivity index (χ2v) is 7.34. The van der Waals surface area contributed by atoms with Gasteiger partial charge in [0.15, 0.2) is 0 Å². The van der Waals surface area contributed by atoms with Gasteiger partial charge in [-0.15, -0.1) is 5.10 Å². The molecule has 0 bridgehead atoms. The molecule has 1 aromatic heterocycles. The molecule has 1 heterocycles. The van der Waals surface area contributed by atoms with Gasteiger partial charge in [0.2, 0.25) is 5.91 Å². The molecule has 1 fully saturated rings. The van der Waals surface area contributed by atoms with Crippen molar-refractivity contribution in [3.8, 4) is 0 Å². The summed E-state index contributed by atoms with van der Waals surface area (Å²) in [5.74, 6) is 0.0284. The molecular formula is C23H24N4O. The van der Waals surface area contributed by atoms with Gasteiger partial charge in [0.25, 0.3) is 0 Å². The number of aromatic nitrogens is 3. The molecule has 0 aliphatic heterocycles. The van der Waals surface area contributed by atoms with E-state index in [-0.39, 0.29) is 5.91 Å². The van der Waals surface area contributed by atoms with Crippen LogP contribution in [0.3, 0.4) is 0 Å². The Morgan fingerprint density at radius 1 is 1.11 bits per heavy atom. The molecule has 4 rings (SSSR count). The largest absolute Gasteiger partial charge is 0.332 e. The molecule has 1 amide bonds. The van der Waals surface area contributed by atoms with E-state index in [0.29, 0.717) is 24.8 Å². The zero-order valence-electron chi connectivity index (χ0n) is 16.0. The minimum absolute atomic E-state index is 0.0284. The van der Waals surface area contributed by atoms with Gasteiger partial charge in [-0.1, -0.05) is 65.4 Å². The van der Waals surface area contributed by atoms with E-state index in [2.05, 4.69) is 53.6 Å². The van der Waals surface area contributed by atoms with Gasteiger partial charge in [0, 0.05) is 18.7 Å². The van der Waals surface area contributed by atoms with Gasteiger partial charge >= 0.3 is 0 Å². The third kappa shape index (κ3) is 4.74. The molecule has 0 spiro atoms. The van der Waals surface area contributed by atoms with Gasteiger partial charge in [0.05, 0.1) is 12.7 Å². The van der Waals surface area contributed by atoms with Crippen LogP contribution in [-0.4, -0.2) is 31.8 Å². The summed E-state index contributed by atoms with van der Waals surface area (Å²) in [6.07, 6.45) is 7.39. The lowest BCUT2D eigenvalue weighted by atomic mass is 10.1. The average molecular weight is 372 g/mol. The van der Waals surface area contributed by atoms with Crippen molar-refractivity contribution in [1.29, 1.82) is 0 Å². The zero-order valence-corrected chi connectivity index (χ0v) is 16.0. The summed E-state index contributed by atoms with van der Waals surface area (Å²) in [6, 6.07) is 18.8. The maximum Gasteiger partial charge on any atom is 0.247 e. The quantitative estimate of drug-likeness (QED) is 0.592. The van der Waals surface area contributed by atoms with Gasteiger partial charge in [-0.25, -0.2) is 4.68 Å². The predicted octanol–water partition coefficient (Wildman–Crippen LogP) is 3.84. The first-order chi connectivity index (χ1) is 13.7. The molecule has 5 heteroatoms. The highest BCUT2D eigenvalue weighted by molar-refractivity contribution is 5.91. The summed E-state index contributed by atoms with van der Waals surface area (Å²) in [5.41, 5.74) is 4.24. The molecule has 5 nitrogen and oxygen atoms in total. The van der Waals surface area contributed by atoms with E-state index in [1.165, 1.54) is 5.56 Å². The minimum atomic E-state index is 0.0284. The topological polar surface area (TPSA) is 51.0 Å². The maximum atomic E-state index is 12.8. The van der Waals surface area contributed by atoms with Gasteiger partial charge in [0.1, 0.15) is 5.69 Å². The molecule has 0 saturated heterocycles. The van der Waals surface area contributed by atoms with Crippen molar-refractivity contribution in [3.05, 3.63) is 89.3 Å². The van der Waals surface area contributed by atoms with Gasteiger partial charge < -0.3 is 4.90 Å². The zero-order chi connectivity index (χ0) is 19.3. The Bertz CT molecular complexity index is 956. The Morgan fingerprint density at radius 3 is 2.57 bits per heavy atom. The smallest absolute Gasteiger partial charge is 0.247 e. The predicted molar refractivity (Wildman–Crippen MR) is 109 cm³/mol. The van der Waals surface area contributed by atoms with Crippen LogP contribution in [0.4, 0.5) is 0 Å². The molecule has 0 unspecified atom stereocenters. The number of nitrogens with zero attached hydrogens (tertiary/aromatic N) is 4. The summed E-state index contributed by atoms with van der Waals surface area (Å²) >= 11 is 0. The van der Waals surface area contributed by atoms with Crippen LogP contribution in [0.1, 0.15) is 35.2 Å². The molecule has 28 heavy (non-hydrogen) atoms. The van der Waals surface area contributed by atoms with Crippen LogP contribution in [-0.2, 0) is 17.9 Å². The van der Waals surface area contributed by atoms with Gasteiger partial charge in [-0.05, 0) is 37.0 Å². The number of carbonyl (C=O) groups excluding carboxylic acids is 1. The third-order valence-electron chi connectivity index (χ3n) is 4.88. The second kappa shape index (κ2) is 8.21. The summed E-state index contributed by atoms with van der Waals surface area (Å²) < 4.78 is 1.78. The third-order valence-corrected chi connectivity index (χ3v) is 4.88. The molecule has 1 aliphatic rings. The molecule has 2 aromatic carbocycles. The lowest BCUT2D eigenvalue weighted by Gasteiger charge is -2.21. The van der Waals surface area contributed by atoms with Crippen LogP contribution < -0.4 is 0 Å². The molecule has 0 N–H and O–H groups in total. The highest BCUT2D eigenvalue weighted by atomic mass is 16.2. The van der Waals surface area contributed by atoms with Crippen molar-refractivity contribution in [2.45, 2.75) is 38.9 Å². The summed E-state index contributed by atoms with van der Waals surface area (Å²) in [6.45, 7) is 3.38.